The van der Waals surface area contributed by atoms with Crippen molar-refractivity contribution in [1.82, 2.24) is 9.62 Å². The van der Waals surface area contributed by atoms with Gasteiger partial charge >= 0.3 is 6.03 Å². The SMILES string of the molecule is CN(Sc1ccccc1)C(=O)NC(=O)c1ccc(-c2ccccc2)cc1. The lowest BCUT2D eigenvalue weighted by atomic mass is 10.0. The number of urea groups is 1. The highest BCUT2D eigenvalue weighted by atomic mass is 32.2. The van der Waals surface area contributed by atoms with Crippen LogP contribution in [-0.2, 0) is 0 Å². The molecule has 0 aliphatic carbocycles. The standard InChI is InChI=1S/C21H18N2O2S/c1-23(26-19-10-6-3-7-11-19)21(25)22-20(24)18-14-12-17(13-15-18)16-8-4-2-5-9-16/h2-15H,1H3,(H,22,24,25). The van der Waals surface area contributed by atoms with Crippen LogP contribution in [0.1, 0.15) is 10.4 Å². The Bertz CT molecular complexity index is 881. The smallest absolute Gasteiger partial charge is 0.273 e. The van der Waals surface area contributed by atoms with Crippen LogP contribution in [0, 0.1) is 0 Å². The molecule has 4 nitrogen and oxygen atoms in total. The van der Waals surface area contributed by atoms with Crippen LogP contribution in [-0.4, -0.2) is 23.3 Å². The molecule has 26 heavy (non-hydrogen) atoms. The Kier molecular flexibility index (Phi) is 5.71. The van der Waals surface area contributed by atoms with Crippen molar-refractivity contribution in [3.05, 3.63) is 90.5 Å². The molecule has 3 aromatic carbocycles. The molecular weight excluding hydrogens is 344 g/mol. The van der Waals surface area contributed by atoms with E-state index in [2.05, 4.69) is 5.32 Å². The van der Waals surface area contributed by atoms with Gasteiger partial charge in [-0.05, 0) is 47.3 Å². The van der Waals surface area contributed by atoms with E-state index in [0.717, 1.165) is 16.0 Å². The van der Waals surface area contributed by atoms with E-state index < -0.39 is 11.9 Å². The maximum Gasteiger partial charge on any atom is 0.334 e. The van der Waals surface area contributed by atoms with Crippen molar-refractivity contribution in [2.24, 2.45) is 0 Å². The summed E-state index contributed by atoms with van der Waals surface area (Å²) in [5.41, 5.74) is 2.54. The summed E-state index contributed by atoms with van der Waals surface area (Å²) in [6, 6.07) is 26.1. The highest BCUT2D eigenvalue weighted by molar-refractivity contribution is 7.97. The van der Waals surface area contributed by atoms with Crippen molar-refractivity contribution >= 4 is 23.9 Å². The van der Waals surface area contributed by atoms with Crippen LogP contribution >= 0.6 is 11.9 Å². The molecule has 0 fully saturated rings. The molecule has 3 aromatic rings. The molecule has 0 aliphatic heterocycles. The second kappa shape index (κ2) is 8.36. The molecule has 1 N–H and O–H groups in total. The van der Waals surface area contributed by atoms with Gasteiger partial charge in [0.15, 0.2) is 0 Å². The van der Waals surface area contributed by atoms with Crippen LogP contribution in [0.2, 0.25) is 0 Å². The van der Waals surface area contributed by atoms with Crippen LogP contribution in [0.25, 0.3) is 11.1 Å². The van der Waals surface area contributed by atoms with Crippen LogP contribution in [0.4, 0.5) is 4.79 Å². The van der Waals surface area contributed by atoms with E-state index in [9.17, 15) is 9.59 Å². The minimum Gasteiger partial charge on any atom is -0.273 e. The highest BCUT2D eigenvalue weighted by Gasteiger charge is 2.15. The summed E-state index contributed by atoms with van der Waals surface area (Å²) < 4.78 is 1.39. The van der Waals surface area contributed by atoms with Crippen molar-refractivity contribution in [3.63, 3.8) is 0 Å². The number of amides is 3. The lowest BCUT2D eigenvalue weighted by molar-refractivity contribution is 0.0961. The monoisotopic (exact) mass is 362 g/mol. The largest absolute Gasteiger partial charge is 0.334 e. The van der Waals surface area contributed by atoms with Crippen LogP contribution in [0.3, 0.4) is 0 Å². The first-order valence-electron chi connectivity index (χ1n) is 8.11. The van der Waals surface area contributed by atoms with Gasteiger partial charge in [0.25, 0.3) is 5.91 Å². The van der Waals surface area contributed by atoms with Gasteiger partial charge in [-0.3, -0.25) is 14.4 Å². The molecular formula is C21H18N2O2S. The lowest BCUT2D eigenvalue weighted by Crippen LogP contribution is -2.37. The van der Waals surface area contributed by atoms with E-state index in [4.69, 9.17) is 0 Å². The minimum absolute atomic E-state index is 0.421. The Morgan fingerprint density at radius 2 is 1.31 bits per heavy atom. The third kappa shape index (κ3) is 4.52. The summed E-state index contributed by atoms with van der Waals surface area (Å²) >= 11 is 1.26. The molecule has 0 bridgehead atoms. The summed E-state index contributed by atoms with van der Waals surface area (Å²) in [4.78, 5) is 25.4. The molecule has 5 heteroatoms. The zero-order valence-corrected chi connectivity index (χ0v) is 15.1. The number of nitrogens with zero attached hydrogens (tertiary/aromatic N) is 1. The normalized spacial score (nSPS) is 10.2. The molecule has 3 rings (SSSR count). The molecule has 0 heterocycles. The number of nitrogens with one attached hydrogen (secondary N) is 1. The Morgan fingerprint density at radius 1 is 0.769 bits per heavy atom. The first-order chi connectivity index (χ1) is 12.6. The number of imide groups is 1. The van der Waals surface area contributed by atoms with Crippen LogP contribution in [0.5, 0.6) is 0 Å². The molecule has 0 saturated heterocycles. The summed E-state index contributed by atoms with van der Waals surface area (Å²) in [5, 5.41) is 2.40. The number of rotatable bonds is 4. The molecule has 0 unspecified atom stereocenters. The fourth-order valence-electron chi connectivity index (χ4n) is 2.37. The highest BCUT2D eigenvalue weighted by Crippen LogP contribution is 2.21. The summed E-state index contributed by atoms with van der Waals surface area (Å²) in [6.07, 6.45) is 0. The molecule has 0 aromatic heterocycles. The molecule has 130 valence electrons. The van der Waals surface area contributed by atoms with Crippen molar-refractivity contribution in [1.29, 1.82) is 0 Å². The van der Waals surface area contributed by atoms with Crippen LogP contribution < -0.4 is 5.32 Å². The predicted molar refractivity (Wildman–Crippen MR) is 105 cm³/mol. The van der Waals surface area contributed by atoms with Crippen molar-refractivity contribution in [2.75, 3.05) is 7.05 Å². The summed E-state index contributed by atoms with van der Waals surface area (Å²) in [6.45, 7) is 0. The molecule has 0 saturated carbocycles. The topological polar surface area (TPSA) is 49.4 Å². The molecule has 0 aliphatic rings. The number of benzene rings is 3. The second-order valence-electron chi connectivity index (χ2n) is 5.60. The van der Waals surface area contributed by atoms with E-state index in [-0.39, 0.29) is 0 Å². The average molecular weight is 362 g/mol. The molecule has 0 radical (unpaired) electrons. The van der Waals surface area contributed by atoms with Gasteiger partial charge in [0.2, 0.25) is 0 Å². The Labute approximate surface area is 157 Å². The van der Waals surface area contributed by atoms with Crippen molar-refractivity contribution < 1.29 is 9.59 Å². The van der Waals surface area contributed by atoms with E-state index in [0.29, 0.717) is 5.56 Å². The first-order valence-corrected chi connectivity index (χ1v) is 8.88. The number of carbonyl (C=O) groups is 2. The van der Waals surface area contributed by atoms with Gasteiger partial charge in [0, 0.05) is 17.5 Å². The van der Waals surface area contributed by atoms with E-state index in [1.54, 1.807) is 19.2 Å². The zero-order valence-electron chi connectivity index (χ0n) is 14.3. The van der Waals surface area contributed by atoms with Crippen LogP contribution in [0.15, 0.2) is 89.8 Å². The Hall–Kier alpha value is -3.05. The minimum atomic E-state index is -0.462. The zero-order chi connectivity index (χ0) is 18.4. The molecule has 0 atom stereocenters. The number of carbonyl (C=O) groups excluding carboxylic acids is 2. The fraction of sp³-hybridized carbons (Fsp3) is 0.0476. The quantitative estimate of drug-likeness (QED) is 0.676. The van der Waals surface area contributed by atoms with Crippen molar-refractivity contribution in [2.45, 2.75) is 4.90 Å². The van der Waals surface area contributed by atoms with E-state index in [1.807, 2.05) is 72.8 Å². The summed E-state index contributed by atoms with van der Waals surface area (Å²) in [7, 11) is 1.62. The molecule has 3 amide bonds. The maximum atomic E-state index is 12.3. The number of hydrogen-bond acceptors (Lipinski definition) is 3. The van der Waals surface area contributed by atoms with Gasteiger partial charge in [-0.1, -0.05) is 60.7 Å². The predicted octanol–water partition coefficient (Wildman–Crippen LogP) is 4.84. The van der Waals surface area contributed by atoms with Gasteiger partial charge < -0.3 is 0 Å². The van der Waals surface area contributed by atoms with Gasteiger partial charge in [-0.15, -0.1) is 0 Å². The van der Waals surface area contributed by atoms with Gasteiger partial charge in [-0.2, -0.15) is 0 Å². The first kappa shape index (κ1) is 17.8. The third-order valence-electron chi connectivity index (χ3n) is 3.75. The average Bonchev–Trinajstić information content (AvgIpc) is 2.69. The van der Waals surface area contributed by atoms with Gasteiger partial charge in [-0.25, -0.2) is 4.79 Å². The number of hydrogen-bond donors (Lipinski definition) is 1. The maximum absolute atomic E-state index is 12.3. The Morgan fingerprint density at radius 3 is 1.92 bits per heavy atom. The Balaban J connectivity index is 1.61. The fourth-order valence-corrected chi connectivity index (χ4v) is 3.10. The lowest BCUT2D eigenvalue weighted by Gasteiger charge is -2.16. The van der Waals surface area contributed by atoms with E-state index >= 15 is 0 Å². The van der Waals surface area contributed by atoms with Crippen molar-refractivity contribution in [3.8, 4) is 11.1 Å². The molecule has 0 spiro atoms. The van der Waals surface area contributed by atoms with E-state index in [1.165, 1.54) is 16.3 Å². The summed E-state index contributed by atoms with van der Waals surface area (Å²) in [5.74, 6) is -0.421. The van der Waals surface area contributed by atoms with Gasteiger partial charge in [0.1, 0.15) is 0 Å². The third-order valence-corrected chi connectivity index (χ3v) is 4.67. The van der Waals surface area contributed by atoms with Gasteiger partial charge in [0.05, 0.1) is 0 Å². The second-order valence-corrected chi connectivity index (χ2v) is 6.81.